The van der Waals surface area contributed by atoms with Gasteiger partial charge in [0.25, 0.3) is 0 Å². The predicted molar refractivity (Wildman–Crippen MR) is 145 cm³/mol. The van der Waals surface area contributed by atoms with Crippen LogP contribution in [0.1, 0.15) is 18.4 Å². The fourth-order valence-electron chi connectivity index (χ4n) is 3.90. The summed E-state index contributed by atoms with van der Waals surface area (Å²) in [7, 11) is 4.25. The van der Waals surface area contributed by atoms with E-state index in [-0.39, 0.29) is 5.25 Å². The first kappa shape index (κ1) is 26.1. The summed E-state index contributed by atoms with van der Waals surface area (Å²) >= 11 is 1.55. The van der Waals surface area contributed by atoms with E-state index in [9.17, 15) is 0 Å². The molecule has 0 aliphatic carbocycles. The smallest absolute Gasteiger partial charge is 0.239 e. The van der Waals surface area contributed by atoms with Gasteiger partial charge in [0.05, 0.1) is 19.9 Å². The third kappa shape index (κ3) is 5.57. The van der Waals surface area contributed by atoms with Gasteiger partial charge in [0.15, 0.2) is 5.76 Å². The zero-order chi connectivity index (χ0) is 26.4. The van der Waals surface area contributed by atoms with Crippen LogP contribution in [0, 0.1) is 6.92 Å². The fraction of sp³-hybridized carbons (Fsp3) is 0.269. The Labute approximate surface area is 219 Å². The standard InChI is InChI=1S/C25H26N6O3S.CH4O/c1-16-11-12-21(34-16)24-27-28-25(31(24)23-19(32-3)8-7-9-20(23)33-4)29-35-17(2)14-18-15-30-13-6-5-10-22(30)26-18;1-2/h5-13,15,17H,14H2,1-4H3,(H,28,29);2H,1H3. The van der Waals surface area contributed by atoms with Gasteiger partial charge >= 0.3 is 0 Å². The van der Waals surface area contributed by atoms with Crippen molar-refractivity contribution < 1.29 is 19.0 Å². The fourth-order valence-corrected chi connectivity index (χ4v) is 4.60. The number of aromatic nitrogens is 5. The number of methoxy groups -OCH3 is 2. The summed E-state index contributed by atoms with van der Waals surface area (Å²) in [5.74, 6) is 3.70. The second kappa shape index (κ2) is 11.8. The number of aliphatic hydroxyl groups is 1. The van der Waals surface area contributed by atoms with Crippen molar-refractivity contribution in [3.05, 3.63) is 72.4 Å². The van der Waals surface area contributed by atoms with E-state index in [4.69, 9.17) is 24.0 Å². The lowest BCUT2D eigenvalue weighted by atomic mass is 10.2. The Morgan fingerprint density at radius 1 is 1.03 bits per heavy atom. The molecule has 1 unspecified atom stereocenters. The summed E-state index contributed by atoms with van der Waals surface area (Å²) in [5.41, 5.74) is 2.65. The van der Waals surface area contributed by atoms with Crippen LogP contribution in [0.3, 0.4) is 0 Å². The summed E-state index contributed by atoms with van der Waals surface area (Å²) in [6.07, 6.45) is 4.85. The molecule has 0 saturated heterocycles. The molecule has 5 rings (SSSR count). The number of pyridine rings is 1. The van der Waals surface area contributed by atoms with E-state index in [2.05, 4.69) is 28.0 Å². The van der Waals surface area contributed by atoms with E-state index >= 15 is 0 Å². The Morgan fingerprint density at radius 2 is 1.78 bits per heavy atom. The predicted octanol–water partition coefficient (Wildman–Crippen LogP) is 4.80. The molecule has 10 nitrogen and oxygen atoms in total. The molecule has 37 heavy (non-hydrogen) atoms. The monoisotopic (exact) mass is 522 g/mol. The number of furan rings is 1. The number of para-hydroxylation sites is 1. The maximum atomic E-state index is 7.00. The molecule has 4 aromatic heterocycles. The first-order chi connectivity index (χ1) is 18.1. The van der Waals surface area contributed by atoms with Gasteiger partial charge in [-0.2, -0.15) is 0 Å². The van der Waals surface area contributed by atoms with E-state index in [1.807, 2.05) is 70.6 Å². The van der Waals surface area contributed by atoms with Crippen molar-refractivity contribution in [1.29, 1.82) is 0 Å². The van der Waals surface area contributed by atoms with E-state index in [0.717, 1.165) is 30.6 Å². The molecule has 1 atom stereocenters. The highest BCUT2D eigenvalue weighted by atomic mass is 32.2. The van der Waals surface area contributed by atoms with Gasteiger partial charge in [0.2, 0.25) is 11.8 Å². The minimum absolute atomic E-state index is 0.207. The molecule has 194 valence electrons. The van der Waals surface area contributed by atoms with Crippen LogP contribution in [0.4, 0.5) is 5.95 Å². The van der Waals surface area contributed by atoms with Crippen LogP contribution >= 0.6 is 11.9 Å². The number of nitrogens with one attached hydrogen (secondary N) is 1. The molecule has 0 amide bonds. The SMILES string of the molecule is CO.COc1cccc(OC)c1-n1c(NSC(C)Cc2cn3ccccc3n2)nnc1-c1ccc(C)o1. The summed E-state index contributed by atoms with van der Waals surface area (Å²) in [6.45, 7) is 4.03. The normalized spacial score (nSPS) is 11.6. The molecule has 0 fully saturated rings. The van der Waals surface area contributed by atoms with E-state index in [1.165, 1.54) is 0 Å². The third-order valence-electron chi connectivity index (χ3n) is 5.51. The van der Waals surface area contributed by atoms with Crippen LogP contribution in [0.2, 0.25) is 0 Å². The Morgan fingerprint density at radius 3 is 2.43 bits per heavy atom. The number of benzene rings is 1. The maximum absolute atomic E-state index is 7.00. The number of aryl methyl sites for hydroxylation is 1. The van der Waals surface area contributed by atoms with Crippen molar-refractivity contribution in [3.63, 3.8) is 0 Å². The number of rotatable bonds is 9. The largest absolute Gasteiger partial charge is 0.494 e. The van der Waals surface area contributed by atoms with Crippen LogP contribution in [0.25, 0.3) is 22.9 Å². The highest BCUT2D eigenvalue weighted by molar-refractivity contribution is 8.01. The number of hydrogen-bond acceptors (Lipinski definition) is 9. The summed E-state index contributed by atoms with van der Waals surface area (Å²) in [4.78, 5) is 4.71. The van der Waals surface area contributed by atoms with Crippen molar-refractivity contribution in [2.24, 2.45) is 0 Å². The molecule has 0 radical (unpaired) electrons. The first-order valence-electron chi connectivity index (χ1n) is 11.6. The number of nitrogens with zero attached hydrogens (tertiary/aromatic N) is 5. The van der Waals surface area contributed by atoms with Crippen LogP contribution in [-0.2, 0) is 6.42 Å². The second-order valence-corrected chi connectivity index (χ2v) is 9.28. The molecule has 0 bridgehead atoms. The van der Waals surface area contributed by atoms with Crippen molar-refractivity contribution in [2.75, 3.05) is 26.1 Å². The van der Waals surface area contributed by atoms with Crippen LogP contribution in [0.5, 0.6) is 11.5 Å². The van der Waals surface area contributed by atoms with Gasteiger partial charge in [0, 0.05) is 31.2 Å². The number of hydrogen-bond donors (Lipinski definition) is 2. The molecular formula is C26H30N6O4S. The van der Waals surface area contributed by atoms with Crippen molar-refractivity contribution in [3.8, 4) is 28.8 Å². The summed E-state index contributed by atoms with van der Waals surface area (Å²) < 4.78 is 24.5. The molecule has 1 aromatic carbocycles. The first-order valence-corrected chi connectivity index (χ1v) is 12.5. The number of ether oxygens (including phenoxy) is 2. The number of anilines is 1. The van der Waals surface area contributed by atoms with Crippen LogP contribution < -0.4 is 14.2 Å². The zero-order valence-electron chi connectivity index (χ0n) is 21.4. The highest BCUT2D eigenvalue weighted by Gasteiger charge is 2.24. The van der Waals surface area contributed by atoms with Gasteiger partial charge in [0.1, 0.15) is 28.6 Å². The van der Waals surface area contributed by atoms with E-state index < -0.39 is 0 Å². The number of imidazole rings is 1. The van der Waals surface area contributed by atoms with E-state index in [0.29, 0.717) is 34.7 Å². The Kier molecular flexibility index (Phi) is 8.36. The minimum atomic E-state index is 0.207. The summed E-state index contributed by atoms with van der Waals surface area (Å²) in [5, 5.41) is 16.1. The summed E-state index contributed by atoms with van der Waals surface area (Å²) in [6, 6.07) is 15.4. The molecule has 0 aliphatic rings. The maximum Gasteiger partial charge on any atom is 0.239 e. The van der Waals surface area contributed by atoms with Gasteiger partial charge in [-0.3, -0.25) is 9.29 Å². The van der Waals surface area contributed by atoms with E-state index in [1.54, 1.807) is 26.2 Å². The minimum Gasteiger partial charge on any atom is -0.494 e. The molecule has 0 aliphatic heterocycles. The molecule has 0 saturated carbocycles. The second-order valence-electron chi connectivity index (χ2n) is 8.04. The highest BCUT2D eigenvalue weighted by Crippen LogP contribution is 2.38. The molecule has 2 N–H and O–H groups in total. The molecule has 5 aromatic rings. The lowest BCUT2D eigenvalue weighted by Crippen LogP contribution is -2.10. The van der Waals surface area contributed by atoms with Crippen molar-refractivity contribution in [1.82, 2.24) is 24.1 Å². The lowest BCUT2D eigenvalue weighted by molar-refractivity contribution is 0.391. The molecule has 11 heteroatoms. The average Bonchev–Trinajstić information content (AvgIpc) is 3.65. The van der Waals surface area contributed by atoms with Gasteiger partial charge in [-0.15, -0.1) is 10.2 Å². The third-order valence-corrected chi connectivity index (χ3v) is 6.38. The quantitative estimate of drug-likeness (QED) is 0.264. The van der Waals surface area contributed by atoms with Gasteiger partial charge in [-0.1, -0.05) is 19.1 Å². The van der Waals surface area contributed by atoms with Crippen molar-refractivity contribution >= 4 is 23.5 Å². The number of fused-ring (bicyclic) bond motifs is 1. The van der Waals surface area contributed by atoms with Crippen LogP contribution in [0.15, 0.2) is 65.3 Å². The molecular weight excluding hydrogens is 492 g/mol. The van der Waals surface area contributed by atoms with Gasteiger partial charge < -0.3 is 23.4 Å². The topological polar surface area (TPSA) is 112 Å². The van der Waals surface area contributed by atoms with Gasteiger partial charge in [-0.25, -0.2) is 4.98 Å². The average molecular weight is 523 g/mol. The Hall–Kier alpha value is -3.96. The molecule has 0 spiro atoms. The lowest BCUT2D eigenvalue weighted by Gasteiger charge is -2.17. The van der Waals surface area contributed by atoms with Gasteiger partial charge in [-0.05, 0) is 55.3 Å². The Balaban J connectivity index is 0.00000156. The van der Waals surface area contributed by atoms with Crippen molar-refractivity contribution in [2.45, 2.75) is 25.5 Å². The number of aliphatic hydroxyl groups excluding tert-OH is 1. The Bertz CT molecular complexity index is 1410. The zero-order valence-corrected chi connectivity index (χ0v) is 22.2. The molecule has 4 heterocycles. The van der Waals surface area contributed by atoms with Crippen LogP contribution in [-0.4, -0.2) is 55.8 Å².